The van der Waals surface area contributed by atoms with Crippen LogP contribution in [0.1, 0.15) is 10.4 Å². The molecule has 142 valence electrons. The van der Waals surface area contributed by atoms with Crippen LogP contribution in [0, 0.1) is 0 Å². The zero-order valence-corrected chi connectivity index (χ0v) is 15.8. The summed E-state index contributed by atoms with van der Waals surface area (Å²) in [6, 6.07) is 13.1. The molecule has 8 heteroatoms. The maximum Gasteiger partial charge on any atom is 0.260 e. The molecule has 1 amide bonds. The number of nitrogens with zero attached hydrogens (tertiary/aromatic N) is 4. The molecule has 1 saturated heterocycles. The Morgan fingerprint density at radius 2 is 1.82 bits per heavy atom. The van der Waals surface area contributed by atoms with Crippen molar-refractivity contribution in [1.29, 1.82) is 0 Å². The lowest BCUT2D eigenvalue weighted by atomic mass is 10.2. The average molecular weight is 396 g/mol. The number of carbonyl (C=O) groups excluding carboxylic acids is 1. The minimum atomic E-state index is -0.430. The molecular weight excluding hydrogens is 378 g/mol. The monoisotopic (exact) mass is 395 g/mol. The van der Waals surface area contributed by atoms with E-state index in [0.717, 1.165) is 11.4 Å². The largest absolute Gasteiger partial charge is 0.353 e. The number of hydrogen-bond acceptors (Lipinski definition) is 5. The molecule has 0 aliphatic carbocycles. The van der Waals surface area contributed by atoms with Gasteiger partial charge in [0.25, 0.3) is 11.5 Å². The molecule has 28 heavy (non-hydrogen) atoms. The number of benzene rings is 1. The fourth-order valence-corrected chi connectivity index (χ4v) is 3.34. The molecule has 0 saturated carbocycles. The van der Waals surface area contributed by atoms with Gasteiger partial charge in [-0.2, -0.15) is 0 Å². The fraction of sp³-hybridized carbons (Fsp3) is 0.200. The Hall–Kier alpha value is -3.19. The maximum absolute atomic E-state index is 12.7. The van der Waals surface area contributed by atoms with Gasteiger partial charge in [0.15, 0.2) is 5.82 Å². The van der Waals surface area contributed by atoms with Crippen LogP contribution in [-0.4, -0.2) is 51.9 Å². The molecule has 2 aromatic heterocycles. The van der Waals surface area contributed by atoms with Crippen LogP contribution in [0.3, 0.4) is 0 Å². The van der Waals surface area contributed by atoms with Crippen molar-refractivity contribution in [2.24, 2.45) is 0 Å². The maximum atomic E-state index is 12.7. The number of amides is 1. The van der Waals surface area contributed by atoms with E-state index in [1.54, 1.807) is 11.1 Å². The van der Waals surface area contributed by atoms with Crippen molar-refractivity contribution >= 4 is 23.3 Å². The Balaban J connectivity index is 1.47. The van der Waals surface area contributed by atoms with Gasteiger partial charge in [-0.05, 0) is 12.1 Å². The first-order valence-electron chi connectivity index (χ1n) is 8.93. The van der Waals surface area contributed by atoms with Gasteiger partial charge in [-0.1, -0.05) is 41.9 Å². The summed E-state index contributed by atoms with van der Waals surface area (Å²) in [6.45, 7) is 2.23. The molecular formula is C20H18ClN5O2. The molecule has 0 atom stereocenters. The van der Waals surface area contributed by atoms with Crippen LogP contribution in [-0.2, 0) is 0 Å². The molecule has 0 radical (unpaired) electrons. The second kappa shape index (κ2) is 7.82. The Morgan fingerprint density at radius 3 is 2.57 bits per heavy atom. The molecule has 7 nitrogen and oxygen atoms in total. The van der Waals surface area contributed by atoms with Crippen LogP contribution in [0.15, 0.2) is 59.7 Å². The summed E-state index contributed by atoms with van der Waals surface area (Å²) in [4.78, 5) is 39.9. The van der Waals surface area contributed by atoms with E-state index in [0.29, 0.717) is 37.0 Å². The third-order valence-electron chi connectivity index (χ3n) is 4.66. The molecule has 0 unspecified atom stereocenters. The zero-order chi connectivity index (χ0) is 19.5. The number of rotatable bonds is 3. The van der Waals surface area contributed by atoms with Crippen molar-refractivity contribution in [3.8, 4) is 11.4 Å². The van der Waals surface area contributed by atoms with Gasteiger partial charge in [0.05, 0.1) is 5.02 Å². The standard InChI is InChI=1S/C20H18ClN5O2/c21-15-12-16(19(27)23-13-15)20(28)26-10-8-25(9-11-26)17-6-7-22-18(24-17)14-4-2-1-3-5-14/h1-7,12-13H,8-11H2,(H,23,27). The molecule has 4 rings (SSSR count). The van der Waals surface area contributed by atoms with Crippen molar-refractivity contribution in [2.45, 2.75) is 0 Å². The molecule has 0 bridgehead atoms. The molecule has 1 N–H and O–H groups in total. The predicted octanol–water partition coefficient (Wildman–Crippen LogP) is 2.45. The summed E-state index contributed by atoms with van der Waals surface area (Å²) >= 11 is 5.91. The number of aromatic nitrogens is 3. The van der Waals surface area contributed by atoms with Gasteiger partial charge >= 0.3 is 0 Å². The van der Waals surface area contributed by atoms with Crippen LogP contribution in [0.4, 0.5) is 5.82 Å². The Morgan fingerprint density at radius 1 is 1.07 bits per heavy atom. The number of nitrogens with one attached hydrogen (secondary N) is 1. The van der Waals surface area contributed by atoms with E-state index < -0.39 is 5.56 Å². The molecule has 1 fully saturated rings. The minimum Gasteiger partial charge on any atom is -0.353 e. The SMILES string of the molecule is O=C(c1cc(Cl)c[nH]c1=O)N1CCN(c2ccnc(-c3ccccc3)n2)CC1. The van der Waals surface area contributed by atoms with E-state index >= 15 is 0 Å². The lowest BCUT2D eigenvalue weighted by Gasteiger charge is -2.35. The fourth-order valence-electron chi connectivity index (χ4n) is 3.18. The highest BCUT2D eigenvalue weighted by Gasteiger charge is 2.25. The normalized spacial score (nSPS) is 14.2. The Labute approximate surface area is 166 Å². The van der Waals surface area contributed by atoms with Crippen molar-refractivity contribution in [2.75, 3.05) is 31.1 Å². The van der Waals surface area contributed by atoms with Crippen LogP contribution in [0.25, 0.3) is 11.4 Å². The number of H-pyrrole nitrogens is 1. The first-order chi connectivity index (χ1) is 13.6. The number of aromatic amines is 1. The summed E-state index contributed by atoms with van der Waals surface area (Å²) < 4.78 is 0. The van der Waals surface area contributed by atoms with Crippen LogP contribution >= 0.6 is 11.6 Å². The number of piperazine rings is 1. The van der Waals surface area contributed by atoms with Crippen molar-refractivity contribution < 1.29 is 4.79 Å². The third-order valence-corrected chi connectivity index (χ3v) is 4.88. The zero-order valence-electron chi connectivity index (χ0n) is 15.0. The van der Waals surface area contributed by atoms with Gasteiger partial charge in [0.2, 0.25) is 0 Å². The number of pyridine rings is 1. The minimum absolute atomic E-state index is 0.0642. The van der Waals surface area contributed by atoms with Crippen LogP contribution in [0.5, 0.6) is 0 Å². The number of hydrogen-bond donors (Lipinski definition) is 1. The van der Waals surface area contributed by atoms with E-state index in [1.165, 1.54) is 12.3 Å². The topological polar surface area (TPSA) is 82.2 Å². The van der Waals surface area contributed by atoms with Gasteiger partial charge in [-0.15, -0.1) is 0 Å². The van der Waals surface area contributed by atoms with Gasteiger partial charge in [-0.25, -0.2) is 9.97 Å². The average Bonchev–Trinajstić information content (AvgIpc) is 2.76. The van der Waals surface area contributed by atoms with Crippen LogP contribution in [0.2, 0.25) is 5.02 Å². The lowest BCUT2D eigenvalue weighted by Crippen LogP contribution is -2.49. The summed E-state index contributed by atoms with van der Waals surface area (Å²) in [5.41, 5.74) is 0.591. The Kier molecular flexibility index (Phi) is 5.08. The van der Waals surface area contributed by atoms with Gasteiger partial charge in [0, 0.05) is 44.1 Å². The highest BCUT2D eigenvalue weighted by Crippen LogP contribution is 2.19. The molecule has 3 aromatic rings. The van der Waals surface area contributed by atoms with Crippen molar-refractivity contribution in [1.82, 2.24) is 19.9 Å². The van der Waals surface area contributed by atoms with Gasteiger partial charge < -0.3 is 14.8 Å². The lowest BCUT2D eigenvalue weighted by molar-refractivity contribution is 0.0744. The van der Waals surface area contributed by atoms with E-state index in [1.807, 2.05) is 36.4 Å². The second-order valence-electron chi connectivity index (χ2n) is 6.44. The third kappa shape index (κ3) is 3.75. The summed E-state index contributed by atoms with van der Waals surface area (Å²) in [6.07, 6.45) is 3.12. The molecule has 1 aliphatic rings. The quantitative estimate of drug-likeness (QED) is 0.736. The molecule has 3 heterocycles. The van der Waals surface area contributed by atoms with Crippen LogP contribution < -0.4 is 10.5 Å². The number of carbonyl (C=O) groups is 1. The van der Waals surface area contributed by atoms with Gasteiger partial charge in [0.1, 0.15) is 11.4 Å². The van der Waals surface area contributed by atoms with E-state index in [9.17, 15) is 9.59 Å². The van der Waals surface area contributed by atoms with Gasteiger partial charge in [-0.3, -0.25) is 9.59 Å². The van der Waals surface area contributed by atoms with Crippen molar-refractivity contribution in [3.63, 3.8) is 0 Å². The summed E-state index contributed by atoms with van der Waals surface area (Å²) in [5.74, 6) is 1.18. The summed E-state index contributed by atoms with van der Waals surface area (Å²) in [7, 11) is 0. The first-order valence-corrected chi connectivity index (χ1v) is 9.30. The molecule has 0 spiro atoms. The van der Waals surface area contributed by atoms with E-state index in [2.05, 4.69) is 19.9 Å². The first kappa shape index (κ1) is 18.2. The Bertz CT molecular complexity index is 1050. The van der Waals surface area contributed by atoms with E-state index in [-0.39, 0.29) is 11.5 Å². The highest BCUT2D eigenvalue weighted by molar-refractivity contribution is 6.30. The molecule has 1 aromatic carbocycles. The number of anilines is 1. The van der Waals surface area contributed by atoms with Crippen molar-refractivity contribution in [3.05, 3.63) is 75.8 Å². The predicted molar refractivity (Wildman–Crippen MR) is 108 cm³/mol. The molecule has 1 aliphatic heterocycles. The smallest absolute Gasteiger partial charge is 0.260 e. The second-order valence-corrected chi connectivity index (χ2v) is 6.88. The summed E-state index contributed by atoms with van der Waals surface area (Å²) in [5, 5.41) is 0.330. The highest BCUT2D eigenvalue weighted by atomic mass is 35.5. The number of halogens is 1. The van der Waals surface area contributed by atoms with E-state index in [4.69, 9.17) is 11.6 Å².